The Bertz CT molecular complexity index is 1790. The number of methoxy groups -OCH3 is 1. The molecule has 0 amide bonds. The van der Waals surface area contributed by atoms with Gasteiger partial charge in [-0.15, -0.1) is 0 Å². The molecular weight excluding hydrogens is 516 g/mol. The topological polar surface area (TPSA) is 100 Å². The summed E-state index contributed by atoms with van der Waals surface area (Å²) in [7, 11) is 1.34. The van der Waals surface area contributed by atoms with Gasteiger partial charge >= 0.3 is 11.9 Å². The normalized spacial score (nSPS) is 15.1. The first-order valence-corrected chi connectivity index (χ1v) is 13.2. The molecule has 0 N–H and O–H groups in total. The predicted molar refractivity (Wildman–Crippen MR) is 147 cm³/mol. The number of hydrogen-bond donors (Lipinski definition) is 0. The fourth-order valence-electron chi connectivity index (χ4n) is 4.63. The van der Waals surface area contributed by atoms with Gasteiger partial charge in [0.2, 0.25) is 0 Å². The standard InChI is InChI=1S/C30H26N2O6S/c1-5-37-29(35)25-18(3)31-30-32(26(25)19-9-7-6-8-10-19)27(33)24(39-30)16-21-12-14-23(38-21)22-13-11-20(15-17(22)2)28(34)36-4/h6-16,26H,5H2,1-4H3/b24-16+/t26-/m1/s1. The summed E-state index contributed by atoms with van der Waals surface area (Å²) in [5, 5.41) is 0. The molecule has 3 heterocycles. The van der Waals surface area contributed by atoms with Crippen molar-refractivity contribution in [2.45, 2.75) is 26.8 Å². The first-order chi connectivity index (χ1) is 18.8. The Morgan fingerprint density at radius 2 is 1.85 bits per heavy atom. The SMILES string of the molecule is CCOC(=O)C1=C(C)N=c2s/c(=C/c3ccc(-c4ccc(C(=O)OC)cc4C)o3)c(=O)n2[C@@H]1c1ccccc1. The molecule has 4 aromatic rings. The van der Waals surface area contributed by atoms with Crippen LogP contribution >= 0.6 is 11.3 Å². The zero-order chi connectivity index (χ0) is 27.7. The highest BCUT2D eigenvalue weighted by Gasteiger charge is 2.33. The Kier molecular flexibility index (Phi) is 7.17. The number of thiazole rings is 1. The molecule has 39 heavy (non-hydrogen) atoms. The number of allylic oxidation sites excluding steroid dienone is 1. The molecule has 0 radical (unpaired) electrons. The fourth-order valence-corrected chi connectivity index (χ4v) is 5.66. The molecule has 0 spiro atoms. The van der Waals surface area contributed by atoms with Crippen LogP contribution in [0, 0.1) is 6.92 Å². The van der Waals surface area contributed by atoms with E-state index in [0.29, 0.717) is 37.7 Å². The molecular formula is C30H26N2O6S. The Balaban J connectivity index is 1.58. The van der Waals surface area contributed by atoms with E-state index in [1.807, 2.05) is 43.3 Å². The Hall–Kier alpha value is -4.50. The monoisotopic (exact) mass is 542 g/mol. The molecule has 8 nitrogen and oxygen atoms in total. The summed E-state index contributed by atoms with van der Waals surface area (Å²) in [4.78, 5) is 43.6. The third kappa shape index (κ3) is 4.88. The largest absolute Gasteiger partial charge is 0.465 e. The minimum absolute atomic E-state index is 0.216. The average molecular weight is 543 g/mol. The summed E-state index contributed by atoms with van der Waals surface area (Å²) < 4.78 is 18.2. The van der Waals surface area contributed by atoms with Gasteiger partial charge in [-0.25, -0.2) is 14.6 Å². The maximum absolute atomic E-state index is 13.7. The van der Waals surface area contributed by atoms with Gasteiger partial charge in [-0.1, -0.05) is 47.7 Å². The molecule has 5 rings (SSSR count). The number of rotatable bonds is 6. The number of furan rings is 1. The highest BCUT2D eigenvalue weighted by atomic mass is 32.1. The number of ether oxygens (including phenoxy) is 2. The van der Waals surface area contributed by atoms with Gasteiger partial charge in [0, 0.05) is 11.6 Å². The number of esters is 2. The van der Waals surface area contributed by atoms with Crippen molar-refractivity contribution >= 4 is 29.4 Å². The van der Waals surface area contributed by atoms with Crippen LogP contribution in [-0.4, -0.2) is 30.2 Å². The van der Waals surface area contributed by atoms with Gasteiger partial charge in [-0.05, 0) is 56.2 Å². The van der Waals surface area contributed by atoms with E-state index in [0.717, 1.165) is 16.7 Å². The third-order valence-corrected chi connectivity index (χ3v) is 7.43. The van der Waals surface area contributed by atoms with Crippen molar-refractivity contribution in [3.8, 4) is 11.3 Å². The van der Waals surface area contributed by atoms with E-state index in [1.165, 1.54) is 18.4 Å². The molecule has 1 aliphatic heterocycles. The molecule has 0 aliphatic carbocycles. The van der Waals surface area contributed by atoms with Gasteiger partial charge in [-0.2, -0.15) is 0 Å². The lowest BCUT2D eigenvalue weighted by Gasteiger charge is -2.24. The molecule has 198 valence electrons. The van der Waals surface area contributed by atoms with Gasteiger partial charge in [-0.3, -0.25) is 9.36 Å². The van der Waals surface area contributed by atoms with E-state index in [9.17, 15) is 14.4 Å². The van der Waals surface area contributed by atoms with E-state index in [-0.39, 0.29) is 12.2 Å². The lowest BCUT2D eigenvalue weighted by atomic mass is 9.96. The van der Waals surface area contributed by atoms with Crippen LogP contribution in [-0.2, 0) is 14.3 Å². The van der Waals surface area contributed by atoms with Crippen LogP contribution < -0.4 is 14.9 Å². The molecule has 0 fully saturated rings. The third-order valence-electron chi connectivity index (χ3n) is 6.45. The zero-order valence-corrected chi connectivity index (χ0v) is 22.7. The number of carbonyl (C=O) groups is 2. The predicted octanol–water partition coefficient (Wildman–Crippen LogP) is 4.15. The number of aryl methyl sites for hydroxylation is 1. The lowest BCUT2D eigenvalue weighted by molar-refractivity contribution is -0.139. The fraction of sp³-hybridized carbons (Fsp3) is 0.200. The van der Waals surface area contributed by atoms with Crippen molar-refractivity contribution in [2.24, 2.45) is 4.99 Å². The number of fused-ring (bicyclic) bond motifs is 1. The van der Waals surface area contributed by atoms with Crippen LogP contribution in [0.5, 0.6) is 0 Å². The van der Waals surface area contributed by atoms with Crippen LogP contribution in [0.15, 0.2) is 86.1 Å². The van der Waals surface area contributed by atoms with Crippen LogP contribution in [0.3, 0.4) is 0 Å². The first kappa shape index (κ1) is 26.1. The van der Waals surface area contributed by atoms with Gasteiger partial charge in [0.05, 0.1) is 41.1 Å². The van der Waals surface area contributed by atoms with Crippen molar-refractivity contribution in [3.63, 3.8) is 0 Å². The molecule has 0 saturated carbocycles. The minimum atomic E-state index is -0.660. The molecule has 1 aliphatic rings. The maximum atomic E-state index is 13.7. The van der Waals surface area contributed by atoms with Crippen molar-refractivity contribution < 1.29 is 23.5 Å². The van der Waals surface area contributed by atoms with Crippen molar-refractivity contribution in [1.29, 1.82) is 0 Å². The maximum Gasteiger partial charge on any atom is 0.338 e. The number of nitrogens with zero attached hydrogens (tertiary/aromatic N) is 2. The molecule has 2 aromatic carbocycles. The lowest BCUT2D eigenvalue weighted by Crippen LogP contribution is -2.39. The van der Waals surface area contributed by atoms with Crippen LogP contribution in [0.4, 0.5) is 0 Å². The smallest absolute Gasteiger partial charge is 0.338 e. The molecule has 0 saturated heterocycles. The number of aromatic nitrogens is 1. The van der Waals surface area contributed by atoms with Gasteiger partial charge in [0.15, 0.2) is 4.80 Å². The van der Waals surface area contributed by atoms with Crippen LogP contribution in [0.2, 0.25) is 0 Å². The van der Waals surface area contributed by atoms with Gasteiger partial charge < -0.3 is 13.9 Å². The highest BCUT2D eigenvalue weighted by molar-refractivity contribution is 7.07. The Labute approximate surface area is 228 Å². The number of benzene rings is 2. The average Bonchev–Trinajstić information content (AvgIpc) is 3.52. The minimum Gasteiger partial charge on any atom is -0.465 e. The quantitative estimate of drug-likeness (QED) is 0.340. The number of carbonyl (C=O) groups excluding carboxylic acids is 2. The van der Waals surface area contributed by atoms with Gasteiger partial charge in [0.25, 0.3) is 5.56 Å². The van der Waals surface area contributed by atoms with Crippen molar-refractivity contribution in [3.05, 3.63) is 114 Å². The zero-order valence-electron chi connectivity index (χ0n) is 21.9. The second kappa shape index (κ2) is 10.7. The highest BCUT2D eigenvalue weighted by Crippen LogP contribution is 2.31. The summed E-state index contributed by atoms with van der Waals surface area (Å²) in [6.45, 7) is 5.60. The van der Waals surface area contributed by atoms with Crippen LogP contribution in [0.25, 0.3) is 17.4 Å². The second-order valence-electron chi connectivity index (χ2n) is 8.94. The van der Waals surface area contributed by atoms with E-state index >= 15 is 0 Å². The van der Waals surface area contributed by atoms with Crippen molar-refractivity contribution in [2.75, 3.05) is 13.7 Å². The second-order valence-corrected chi connectivity index (χ2v) is 9.95. The molecule has 0 unspecified atom stereocenters. The summed E-state index contributed by atoms with van der Waals surface area (Å²) in [5.74, 6) is 0.191. The van der Waals surface area contributed by atoms with Crippen LogP contribution in [0.1, 0.15) is 47.1 Å². The van der Waals surface area contributed by atoms with Gasteiger partial charge in [0.1, 0.15) is 11.5 Å². The van der Waals surface area contributed by atoms with E-state index < -0.39 is 18.0 Å². The number of hydrogen-bond acceptors (Lipinski definition) is 8. The summed E-state index contributed by atoms with van der Waals surface area (Å²) >= 11 is 1.23. The Morgan fingerprint density at radius 3 is 2.54 bits per heavy atom. The summed E-state index contributed by atoms with van der Waals surface area (Å²) in [6, 6.07) is 17.6. The first-order valence-electron chi connectivity index (χ1n) is 12.4. The summed E-state index contributed by atoms with van der Waals surface area (Å²) in [6.07, 6.45) is 1.68. The molecule has 0 bridgehead atoms. The summed E-state index contributed by atoms with van der Waals surface area (Å²) in [5.41, 5.74) is 3.49. The molecule has 2 aromatic heterocycles. The van der Waals surface area contributed by atoms with E-state index in [1.54, 1.807) is 48.8 Å². The molecule has 9 heteroatoms. The Morgan fingerprint density at radius 1 is 1.08 bits per heavy atom. The van der Waals surface area contributed by atoms with E-state index in [2.05, 4.69) is 4.99 Å². The molecule has 1 atom stereocenters. The van der Waals surface area contributed by atoms with E-state index in [4.69, 9.17) is 13.9 Å². The van der Waals surface area contributed by atoms with Crippen molar-refractivity contribution in [1.82, 2.24) is 4.57 Å².